The van der Waals surface area contributed by atoms with Gasteiger partial charge in [0.25, 0.3) is 5.91 Å². The fourth-order valence-corrected chi connectivity index (χ4v) is 0.905. The van der Waals surface area contributed by atoms with Crippen molar-refractivity contribution in [1.82, 2.24) is 0 Å². The molecule has 0 saturated heterocycles. The van der Waals surface area contributed by atoms with Crippen LogP contribution < -0.4 is 16.8 Å². The lowest BCUT2D eigenvalue weighted by Crippen LogP contribution is -2.28. The molecule has 0 radical (unpaired) electrons. The molecule has 0 spiro atoms. The monoisotopic (exact) mass is 195 g/mol. The lowest BCUT2D eigenvalue weighted by Gasteiger charge is -2.06. The molecule has 0 aliphatic heterocycles. The number of amides is 1. The number of thiocarbonyl (C=S) groups is 1. The topological polar surface area (TPSA) is 81.1 Å². The number of primary amides is 1. The Morgan fingerprint density at radius 1 is 1.38 bits per heavy atom. The summed E-state index contributed by atoms with van der Waals surface area (Å²) in [4.78, 5) is 10.5. The molecule has 0 aromatic heterocycles. The molecule has 5 N–H and O–H groups in total. The van der Waals surface area contributed by atoms with Gasteiger partial charge in [0.2, 0.25) is 0 Å². The van der Waals surface area contributed by atoms with Crippen molar-refractivity contribution in [2.45, 2.75) is 0 Å². The highest BCUT2D eigenvalue weighted by molar-refractivity contribution is 7.82. The van der Waals surface area contributed by atoms with Crippen LogP contribution in [0, 0.1) is 0 Å². The van der Waals surface area contributed by atoms with Gasteiger partial charge in [0.1, 0.15) is 0 Å². The minimum absolute atomic E-state index is 0.0436. The van der Waals surface area contributed by atoms with Gasteiger partial charge in [-0.15, -0.1) is 0 Å². The Kier molecular flexibility index (Phi) is 2.81. The van der Waals surface area contributed by atoms with Crippen molar-refractivity contribution in [3.63, 3.8) is 0 Å². The van der Waals surface area contributed by atoms with Crippen LogP contribution in [0.3, 0.4) is 0 Å². The number of carbonyl (C=O) groups is 1. The molecule has 1 amide bonds. The number of anilines is 2. The maximum absolute atomic E-state index is 10.6. The summed E-state index contributed by atoms with van der Waals surface area (Å²) < 4.78 is 0. The van der Waals surface area contributed by atoms with Gasteiger partial charge < -0.3 is 16.8 Å². The van der Waals surface area contributed by atoms with E-state index in [1.807, 2.05) is 0 Å². The molecule has 0 aliphatic rings. The number of carbonyl (C=O) groups excluding carboxylic acids is 1. The van der Waals surface area contributed by atoms with Crippen LogP contribution in [0.15, 0.2) is 24.3 Å². The van der Waals surface area contributed by atoms with Crippen LogP contribution >= 0.6 is 12.2 Å². The van der Waals surface area contributed by atoms with Crippen LogP contribution in [0.1, 0.15) is 0 Å². The molecule has 1 rings (SSSR count). The van der Waals surface area contributed by atoms with Crippen molar-refractivity contribution < 1.29 is 4.79 Å². The molecule has 0 bridgehead atoms. The first-order valence-electron chi connectivity index (χ1n) is 3.56. The molecule has 0 saturated carbocycles. The van der Waals surface area contributed by atoms with Gasteiger partial charge in [-0.1, -0.05) is 24.4 Å². The maximum Gasteiger partial charge on any atom is 0.276 e. The molecule has 1 aromatic carbocycles. The van der Waals surface area contributed by atoms with Gasteiger partial charge in [-0.2, -0.15) is 0 Å². The Morgan fingerprint density at radius 3 is 2.54 bits per heavy atom. The molecule has 5 heteroatoms. The summed E-state index contributed by atoms with van der Waals surface area (Å²) in [6.45, 7) is 0. The smallest absolute Gasteiger partial charge is 0.276 e. The molecule has 0 heterocycles. The third-order valence-electron chi connectivity index (χ3n) is 1.43. The molecule has 0 aliphatic carbocycles. The summed E-state index contributed by atoms with van der Waals surface area (Å²) in [7, 11) is 0. The van der Waals surface area contributed by atoms with Gasteiger partial charge in [0.15, 0.2) is 4.99 Å². The summed E-state index contributed by atoms with van der Waals surface area (Å²) >= 11 is 4.68. The highest BCUT2D eigenvalue weighted by atomic mass is 32.1. The minimum Gasteiger partial charge on any atom is -0.397 e. The van der Waals surface area contributed by atoms with E-state index in [2.05, 4.69) is 17.5 Å². The van der Waals surface area contributed by atoms with Crippen LogP contribution in [-0.2, 0) is 4.79 Å². The second kappa shape index (κ2) is 3.86. The molecule has 68 valence electrons. The van der Waals surface area contributed by atoms with Gasteiger partial charge in [0, 0.05) is 0 Å². The van der Waals surface area contributed by atoms with Crippen LogP contribution in [-0.4, -0.2) is 10.9 Å². The largest absolute Gasteiger partial charge is 0.397 e. The highest BCUT2D eigenvalue weighted by Gasteiger charge is 2.04. The van der Waals surface area contributed by atoms with Gasteiger partial charge >= 0.3 is 0 Å². The fraction of sp³-hybridized carbons (Fsp3) is 0. The van der Waals surface area contributed by atoms with E-state index >= 15 is 0 Å². The summed E-state index contributed by atoms with van der Waals surface area (Å²) in [5, 5.41) is 2.64. The first-order valence-corrected chi connectivity index (χ1v) is 3.97. The lowest BCUT2D eigenvalue weighted by molar-refractivity contribution is -0.111. The molecule has 4 nitrogen and oxygen atoms in total. The van der Waals surface area contributed by atoms with Crippen molar-refractivity contribution >= 4 is 34.5 Å². The molecular weight excluding hydrogens is 186 g/mol. The number of rotatable bonds is 1. The number of nitrogens with two attached hydrogens (primary N) is 2. The highest BCUT2D eigenvalue weighted by Crippen LogP contribution is 2.16. The van der Waals surface area contributed by atoms with Crippen molar-refractivity contribution in [3.8, 4) is 0 Å². The standard InChI is InChI=1S/C8H9N3OS/c9-5-3-1-2-4-6(5)11-8(13)7(10)12/h1-4H,9H2,(H2,10,12)(H,11,13). The second-order valence-corrected chi connectivity index (χ2v) is 2.81. The zero-order valence-electron chi connectivity index (χ0n) is 6.78. The van der Waals surface area contributed by atoms with Crippen molar-refractivity contribution in [3.05, 3.63) is 24.3 Å². The summed E-state index contributed by atoms with van der Waals surface area (Å²) in [5.41, 5.74) is 11.7. The molecule has 0 fully saturated rings. The molecular formula is C8H9N3OS. The zero-order valence-corrected chi connectivity index (χ0v) is 7.60. The first kappa shape index (κ1) is 9.47. The van der Waals surface area contributed by atoms with Crippen molar-refractivity contribution in [2.75, 3.05) is 11.1 Å². The van der Waals surface area contributed by atoms with E-state index in [1.54, 1.807) is 24.3 Å². The van der Waals surface area contributed by atoms with E-state index < -0.39 is 5.91 Å². The van der Waals surface area contributed by atoms with E-state index in [0.717, 1.165) is 0 Å². The van der Waals surface area contributed by atoms with Gasteiger partial charge in [0.05, 0.1) is 11.4 Å². The summed E-state index contributed by atoms with van der Waals surface area (Å²) in [6.07, 6.45) is 0. The maximum atomic E-state index is 10.6. The average Bonchev–Trinajstić information content (AvgIpc) is 2.08. The normalized spacial score (nSPS) is 9.23. The molecule has 0 unspecified atom stereocenters. The van der Waals surface area contributed by atoms with Crippen LogP contribution in [0.4, 0.5) is 11.4 Å². The number of para-hydroxylation sites is 2. The van der Waals surface area contributed by atoms with E-state index in [0.29, 0.717) is 11.4 Å². The Labute approximate surface area is 80.9 Å². The Bertz CT molecular complexity index is 351. The number of benzene rings is 1. The predicted molar refractivity (Wildman–Crippen MR) is 56.3 cm³/mol. The predicted octanol–water partition coefficient (Wildman–Crippen LogP) is 0.493. The van der Waals surface area contributed by atoms with Gasteiger partial charge in [-0.05, 0) is 12.1 Å². The van der Waals surface area contributed by atoms with Crippen LogP contribution in [0.2, 0.25) is 0 Å². The molecule has 1 aromatic rings. The third kappa shape index (κ3) is 2.41. The number of nitrogen functional groups attached to an aromatic ring is 1. The van der Waals surface area contributed by atoms with Crippen molar-refractivity contribution in [1.29, 1.82) is 0 Å². The van der Waals surface area contributed by atoms with E-state index in [9.17, 15) is 4.79 Å². The number of nitrogens with one attached hydrogen (secondary N) is 1. The van der Waals surface area contributed by atoms with Crippen LogP contribution in [0.25, 0.3) is 0 Å². The fourth-order valence-electron chi connectivity index (χ4n) is 0.795. The van der Waals surface area contributed by atoms with Crippen LogP contribution in [0.5, 0.6) is 0 Å². The minimum atomic E-state index is -0.668. The Hall–Kier alpha value is -1.62. The third-order valence-corrected chi connectivity index (χ3v) is 1.74. The first-order chi connectivity index (χ1) is 6.11. The Balaban J connectivity index is 2.81. The van der Waals surface area contributed by atoms with Gasteiger partial charge in [-0.3, -0.25) is 4.79 Å². The van der Waals surface area contributed by atoms with E-state index in [4.69, 9.17) is 11.5 Å². The SMILES string of the molecule is NC(=O)C(=S)Nc1ccccc1N. The number of hydrogen-bond donors (Lipinski definition) is 3. The van der Waals surface area contributed by atoms with Crippen molar-refractivity contribution in [2.24, 2.45) is 5.73 Å². The second-order valence-electron chi connectivity index (χ2n) is 2.41. The zero-order chi connectivity index (χ0) is 9.84. The molecule has 13 heavy (non-hydrogen) atoms. The average molecular weight is 195 g/mol. The quantitative estimate of drug-likeness (QED) is 0.450. The van der Waals surface area contributed by atoms with E-state index in [1.165, 1.54) is 0 Å². The number of hydrogen-bond acceptors (Lipinski definition) is 3. The lowest BCUT2D eigenvalue weighted by atomic mass is 10.3. The van der Waals surface area contributed by atoms with Gasteiger partial charge in [-0.25, -0.2) is 0 Å². The van der Waals surface area contributed by atoms with E-state index in [-0.39, 0.29) is 4.99 Å². The summed E-state index contributed by atoms with van der Waals surface area (Å²) in [6, 6.07) is 6.98. The Morgan fingerprint density at radius 2 is 2.00 bits per heavy atom. The molecule has 0 atom stereocenters. The summed E-state index contributed by atoms with van der Waals surface area (Å²) in [5.74, 6) is -0.668.